The Morgan fingerprint density at radius 2 is 1.86 bits per heavy atom. The van der Waals surface area contributed by atoms with Gasteiger partial charge in [-0.15, -0.1) is 0 Å². The molecule has 0 saturated heterocycles. The number of hydrogen-bond donors (Lipinski definition) is 2. The molecule has 120 valence electrons. The number of halogens is 1. The summed E-state index contributed by atoms with van der Waals surface area (Å²) in [5.41, 5.74) is 5.63. The molecule has 0 aliphatic carbocycles. The summed E-state index contributed by atoms with van der Waals surface area (Å²) in [6.07, 6.45) is 0.0769. The highest BCUT2D eigenvalue weighted by atomic mass is 35.5. The van der Waals surface area contributed by atoms with Gasteiger partial charge in [0.25, 0.3) is 5.91 Å². The lowest BCUT2D eigenvalue weighted by Gasteiger charge is -2.18. The molecule has 0 aliphatic heterocycles. The molecule has 0 fully saturated rings. The van der Waals surface area contributed by atoms with Crippen molar-refractivity contribution in [3.63, 3.8) is 0 Å². The minimum atomic E-state index is -0.956. The molecule has 0 radical (unpaired) electrons. The summed E-state index contributed by atoms with van der Waals surface area (Å²) in [4.78, 5) is 35.1. The monoisotopic (exact) mass is 326 g/mol. The molecule has 3 N–H and O–H groups in total. The van der Waals surface area contributed by atoms with E-state index in [1.807, 2.05) is 0 Å². The number of carbonyl (C=O) groups is 3. The van der Waals surface area contributed by atoms with Crippen molar-refractivity contribution < 1.29 is 19.1 Å². The molecule has 6 nitrogen and oxygen atoms in total. The molecule has 0 aliphatic rings. The van der Waals surface area contributed by atoms with Gasteiger partial charge in [0.1, 0.15) is 6.04 Å². The van der Waals surface area contributed by atoms with E-state index in [0.29, 0.717) is 10.6 Å². The summed E-state index contributed by atoms with van der Waals surface area (Å²) >= 11 is 5.75. The highest BCUT2D eigenvalue weighted by molar-refractivity contribution is 6.30. The van der Waals surface area contributed by atoms with Crippen LogP contribution in [0.2, 0.25) is 5.02 Å². The van der Waals surface area contributed by atoms with Gasteiger partial charge < -0.3 is 15.8 Å². The highest BCUT2D eigenvalue weighted by Gasteiger charge is 2.25. The molecule has 1 aromatic carbocycles. The number of rotatable bonds is 7. The molecular weight excluding hydrogens is 308 g/mol. The minimum Gasteiger partial charge on any atom is -0.466 e. The molecule has 1 rings (SSSR count). The van der Waals surface area contributed by atoms with Crippen molar-refractivity contribution in [2.45, 2.75) is 26.3 Å². The number of carbonyl (C=O) groups excluding carboxylic acids is 3. The maximum atomic E-state index is 12.1. The van der Waals surface area contributed by atoms with Crippen LogP contribution in [0.4, 0.5) is 0 Å². The van der Waals surface area contributed by atoms with Gasteiger partial charge >= 0.3 is 5.97 Å². The molecule has 1 aromatic rings. The average molecular weight is 327 g/mol. The second kappa shape index (κ2) is 8.38. The molecular formula is C15H19ClN2O4. The van der Waals surface area contributed by atoms with E-state index in [0.717, 1.165) is 0 Å². The first kappa shape index (κ1) is 18.0. The van der Waals surface area contributed by atoms with Crippen LogP contribution in [-0.4, -0.2) is 30.4 Å². The standard InChI is InChI=1S/C15H19ClN2O4/c1-3-22-15(21)9(2)8-12(13(17)19)18-14(20)10-4-6-11(16)7-5-10/h4-7,9,12H,3,8H2,1-2H3,(H2,17,19)(H,18,20)/t9-,12+/m0/s1. The fourth-order valence-electron chi connectivity index (χ4n) is 1.82. The third kappa shape index (κ3) is 5.37. The van der Waals surface area contributed by atoms with E-state index in [1.165, 1.54) is 12.1 Å². The number of benzene rings is 1. The zero-order valence-corrected chi connectivity index (χ0v) is 13.2. The van der Waals surface area contributed by atoms with Crippen LogP contribution in [0.5, 0.6) is 0 Å². The van der Waals surface area contributed by atoms with Gasteiger partial charge in [0.15, 0.2) is 0 Å². The SMILES string of the molecule is CCOC(=O)[C@@H](C)C[C@@H](NC(=O)c1ccc(Cl)cc1)C(N)=O. The minimum absolute atomic E-state index is 0.0769. The number of ether oxygens (including phenoxy) is 1. The van der Waals surface area contributed by atoms with Gasteiger partial charge in [-0.05, 0) is 37.6 Å². The molecule has 0 bridgehead atoms. The van der Waals surface area contributed by atoms with Gasteiger partial charge in [0.05, 0.1) is 12.5 Å². The van der Waals surface area contributed by atoms with Crippen LogP contribution in [0, 0.1) is 5.92 Å². The first-order valence-electron chi connectivity index (χ1n) is 6.87. The van der Waals surface area contributed by atoms with Crippen LogP contribution in [0.25, 0.3) is 0 Å². The molecule has 2 amide bonds. The summed E-state index contributed by atoms with van der Waals surface area (Å²) in [7, 11) is 0. The summed E-state index contributed by atoms with van der Waals surface area (Å²) in [6.45, 7) is 3.56. The van der Waals surface area contributed by atoms with Crippen molar-refractivity contribution in [3.8, 4) is 0 Å². The Kier molecular flexibility index (Phi) is 6.85. The van der Waals surface area contributed by atoms with E-state index < -0.39 is 29.7 Å². The largest absolute Gasteiger partial charge is 0.466 e. The van der Waals surface area contributed by atoms with Crippen molar-refractivity contribution in [3.05, 3.63) is 34.9 Å². The summed E-state index contributed by atoms with van der Waals surface area (Å²) in [5.74, 6) is -2.16. The van der Waals surface area contributed by atoms with E-state index in [9.17, 15) is 14.4 Å². The Labute approximate surface area is 134 Å². The third-order valence-corrected chi connectivity index (χ3v) is 3.29. The first-order chi connectivity index (χ1) is 10.3. The van der Waals surface area contributed by atoms with Gasteiger partial charge in [0, 0.05) is 10.6 Å². The molecule has 22 heavy (non-hydrogen) atoms. The lowest BCUT2D eigenvalue weighted by molar-refractivity contribution is -0.147. The van der Waals surface area contributed by atoms with Crippen LogP contribution in [0.3, 0.4) is 0 Å². The van der Waals surface area contributed by atoms with Crippen molar-refractivity contribution >= 4 is 29.4 Å². The maximum Gasteiger partial charge on any atom is 0.308 e. The lowest BCUT2D eigenvalue weighted by atomic mass is 10.0. The number of amides is 2. The number of primary amides is 1. The topological polar surface area (TPSA) is 98.5 Å². The molecule has 0 aromatic heterocycles. The van der Waals surface area contributed by atoms with Crippen LogP contribution in [0.1, 0.15) is 30.6 Å². The number of hydrogen-bond acceptors (Lipinski definition) is 4. The van der Waals surface area contributed by atoms with Crippen molar-refractivity contribution in [2.75, 3.05) is 6.61 Å². The first-order valence-corrected chi connectivity index (χ1v) is 7.25. The average Bonchev–Trinajstić information content (AvgIpc) is 2.47. The van der Waals surface area contributed by atoms with Gasteiger partial charge in [-0.25, -0.2) is 0 Å². The Balaban J connectivity index is 2.71. The second-order valence-corrected chi connectivity index (χ2v) is 5.26. The van der Waals surface area contributed by atoms with Crippen LogP contribution in [-0.2, 0) is 14.3 Å². The van der Waals surface area contributed by atoms with E-state index in [4.69, 9.17) is 22.1 Å². The summed E-state index contributed by atoms with van der Waals surface area (Å²) in [6, 6.07) is 5.24. The predicted octanol–water partition coefficient (Wildman–Crippen LogP) is 1.51. The predicted molar refractivity (Wildman–Crippen MR) is 82.3 cm³/mol. The van der Waals surface area contributed by atoms with Crippen LogP contribution < -0.4 is 11.1 Å². The van der Waals surface area contributed by atoms with E-state index in [1.54, 1.807) is 26.0 Å². The van der Waals surface area contributed by atoms with Gasteiger partial charge in [-0.3, -0.25) is 14.4 Å². The smallest absolute Gasteiger partial charge is 0.308 e. The fourth-order valence-corrected chi connectivity index (χ4v) is 1.95. The van der Waals surface area contributed by atoms with Gasteiger partial charge in [0.2, 0.25) is 5.91 Å². The van der Waals surface area contributed by atoms with Gasteiger partial charge in [-0.2, -0.15) is 0 Å². The summed E-state index contributed by atoms with van der Waals surface area (Å²) in [5, 5.41) is 3.01. The zero-order valence-electron chi connectivity index (χ0n) is 12.5. The van der Waals surface area contributed by atoms with Crippen molar-refractivity contribution in [1.29, 1.82) is 0 Å². The number of nitrogens with one attached hydrogen (secondary N) is 1. The normalized spacial score (nSPS) is 13.0. The molecule has 0 heterocycles. The summed E-state index contributed by atoms with van der Waals surface area (Å²) < 4.78 is 4.87. The Morgan fingerprint density at radius 1 is 1.27 bits per heavy atom. The third-order valence-electron chi connectivity index (χ3n) is 3.03. The Morgan fingerprint density at radius 3 is 2.36 bits per heavy atom. The van der Waals surface area contributed by atoms with Gasteiger partial charge in [-0.1, -0.05) is 18.5 Å². The van der Waals surface area contributed by atoms with Crippen LogP contribution in [0.15, 0.2) is 24.3 Å². The number of esters is 1. The molecule has 2 atom stereocenters. The van der Waals surface area contributed by atoms with Crippen molar-refractivity contribution in [1.82, 2.24) is 5.32 Å². The second-order valence-electron chi connectivity index (χ2n) is 4.82. The van der Waals surface area contributed by atoms with Crippen molar-refractivity contribution in [2.24, 2.45) is 11.7 Å². The quantitative estimate of drug-likeness (QED) is 0.742. The van der Waals surface area contributed by atoms with E-state index in [2.05, 4.69) is 5.32 Å². The lowest BCUT2D eigenvalue weighted by Crippen LogP contribution is -2.46. The number of nitrogens with two attached hydrogens (primary N) is 1. The molecule has 0 unspecified atom stereocenters. The van der Waals surface area contributed by atoms with Crippen LogP contribution >= 0.6 is 11.6 Å². The highest BCUT2D eigenvalue weighted by Crippen LogP contribution is 2.12. The zero-order chi connectivity index (χ0) is 16.7. The van der Waals surface area contributed by atoms with E-state index >= 15 is 0 Å². The Hall–Kier alpha value is -2.08. The fraction of sp³-hybridized carbons (Fsp3) is 0.400. The van der Waals surface area contributed by atoms with E-state index in [-0.39, 0.29) is 13.0 Å². The maximum absolute atomic E-state index is 12.1. The molecule has 0 saturated carbocycles. The Bertz CT molecular complexity index is 545. The molecule has 0 spiro atoms. The molecule has 7 heteroatoms.